The number of benzene rings is 2. The Morgan fingerprint density at radius 3 is 2.25 bits per heavy atom. The standard InChI is InChI=1S/C23H25NO3S/c1-16-5-11-19(12-6-16)27-14-13-24-21(25)20(28-22(24)26)15-17-7-9-18(10-8-17)23(2,3)4/h5-12,15H,13-14H2,1-4H3/b20-15-. The molecule has 4 nitrogen and oxygen atoms in total. The van der Waals surface area contributed by atoms with Gasteiger partial charge in [0.1, 0.15) is 12.4 Å². The number of hydrogen-bond acceptors (Lipinski definition) is 4. The van der Waals surface area contributed by atoms with Gasteiger partial charge in [-0.05, 0) is 53.4 Å². The minimum atomic E-state index is -0.262. The van der Waals surface area contributed by atoms with Gasteiger partial charge in [-0.2, -0.15) is 0 Å². The maximum Gasteiger partial charge on any atom is 0.293 e. The van der Waals surface area contributed by atoms with Gasteiger partial charge in [-0.3, -0.25) is 14.5 Å². The summed E-state index contributed by atoms with van der Waals surface area (Å²) in [7, 11) is 0. The highest BCUT2D eigenvalue weighted by Crippen LogP contribution is 2.32. The summed E-state index contributed by atoms with van der Waals surface area (Å²) in [6, 6.07) is 15.8. The average Bonchev–Trinajstić information content (AvgIpc) is 2.90. The average molecular weight is 396 g/mol. The van der Waals surface area contributed by atoms with Crippen molar-refractivity contribution in [2.45, 2.75) is 33.1 Å². The van der Waals surface area contributed by atoms with Crippen LogP contribution in [-0.4, -0.2) is 29.2 Å². The molecule has 1 saturated heterocycles. The normalized spacial score (nSPS) is 16.1. The van der Waals surface area contributed by atoms with Gasteiger partial charge in [-0.1, -0.05) is 62.7 Å². The fraction of sp³-hybridized carbons (Fsp3) is 0.304. The van der Waals surface area contributed by atoms with Gasteiger partial charge in [0.2, 0.25) is 0 Å². The van der Waals surface area contributed by atoms with Gasteiger partial charge < -0.3 is 4.74 Å². The molecule has 0 N–H and O–H groups in total. The maximum absolute atomic E-state index is 12.6. The van der Waals surface area contributed by atoms with Crippen LogP contribution in [0.5, 0.6) is 5.75 Å². The zero-order chi connectivity index (χ0) is 20.3. The number of nitrogens with zero attached hydrogens (tertiary/aromatic N) is 1. The molecular weight excluding hydrogens is 370 g/mol. The lowest BCUT2D eigenvalue weighted by Gasteiger charge is -2.18. The van der Waals surface area contributed by atoms with Crippen molar-refractivity contribution in [2.24, 2.45) is 0 Å². The van der Waals surface area contributed by atoms with Crippen LogP contribution in [-0.2, 0) is 10.2 Å². The molecule has 0 aromatic heterocycles. The van der Waals surface area contributed by atoms with E-state index >= 15 is 0 Å². The van der Waals surface area contributed by atoms with Gasteiger partial charge in [0.25, 0.3) is 11.1 Å². The Balaban J connectivity index is 1.62. The SMILES string of the molecule is Cc1ccc(OCCN2C(=O)S/C(=C\c3ccc(C(C)(C)C)cc3)C2=O)cc1. The van der Waals surface area contributed by atoms with Crippen LogP contribution in [0.15, 0.2) is 53.4 Å². The summed E-state index contributed by atoms with van der Waals surface area (Å²) in [6.45, 7) is 8.99. The molecule has 3 rings (SSSR count). The topological polar surface area (TPSA) is 46.6 Å². The molecule has 0 bridgehead atoms. The van der Waals surface area contributed by atoms with Crippen LogP contribution in [0.3, 0.4) is 0 Å². The molecule has 0 spiro atoms. The maximum atomic E-state index is 12.6. The lowest BCUT2D eigenvalue weighted by molar-refractivity contribution is -0.123. The van der Waals surface area contributed by atoms with Crippen LogP contribution >= 0.6 is 11.8 Å². The number of carbonyl (C=O) groups excluding carboxylic acids is 2. The molecule has 0 unspecified atom stereocenters. The van der Waals surface area contributed by atoms with E-state index in [2.05, 4.69) is 32.9 Å². The molecule has 146 valence electrons. The Bertz CT molecular complexity index is 893. The molecule has 2 aromatic rings. The Kier molecular flexibility index (Phi) is 5.94. The van der Waals surface area contributed by atoms with Crippen molar-refractivity contribution < 1.29 is 14.3 Å². The highest BCUT2D eigenvalue weighted by atomic mass is 32.2. The van der Waals surface area contributed by atoms with E-state index in [9.17, 15) is 9.59 Å². The molecule has 1 heterocycles. The van der Waals surface area contributed by atoms with Gasteiger partial charge in [-0.15, -0.1) is 0 Å². The van der Waals surface area contributed by atoms with Crippen molar-refractivity contribution in [3.63, 3.8) is 0 Å². The first kappa shape index (κ1) is 20.2. The molecule has 1 aliphatic heterocycles. The molecule has 1 aliphatic rings. The van der Waals surface area contributed by atoms with Crippen molar-refractivity contribution >= 4 is 29.0 Å². The quantitative estimate of drug-likeness (QED) is 0.635. The van der Waals surface area contributed by atoms with Crippen LogP contribution in [0.4, 0.5) is 4.79 Å². The van der Waals surface area contributed by atoms with Gasteiger partial charge in [-0.25, -0.2) is 0 Å². The summed E-state index contributed by atoms with van der Waals surface area (Å²) in [4.78, 5) is 26.5. The Morgan fingerprint density at radius 1 is 1.00 bits per heavy atom. The summed E-state index contributed by atoms with van der Waals surface area (Å²) in [5, 5.41) is -0.255. The molecule has 2 aromatic carbocycles. The third kappa shape index (κ3) is 4.84. The smallest absolute Gasteiger partial charge is 0.293 e. The lowest BCUT2D eigenvalue weighted by atomic mass is 9.87. The van der Waals surface area contributed by atoms with Crippen molar-refractivity contribution in [1.29, 1.82) is 0 Å². The van der Waals surface area contributed by atoms with Gasteiger partial charge in [0, 0.05) is 0 Å². The molecule has 1 fully saturated rings. The summed E-state index contributed by atoms with van der Waals surface area (Å²) in [5.74, 6) is 0.467. The Labute approximate surface area is 170 Å². The van der Waals surface area contributed by atoms with Crippen molar-refractivity contribution in [1.82, 2.24) is 4.90 Å². The molecule has 28 heavy (non-hydrogen) atoms. The predicted molar refractivity (Wildman–Crippen MR) is 114 cm³/mol. The van der Waals surface area contributed by atoms with E-state index in [0.717, 1.165) is 28.6 Å². The Hall–Kier alpha value is -2.53. The number of imide groups is 1. The second kappa shape index (κ2) is 8.23. The molecule has 5 heteroatoms. The molecule has 0 radical (unpaired) electrons. The lowest BCUT2D eigenvalue weighted by Crippen LogP contribution is -2.32. The van der Waals surface area contributed by atoms with Crippen LogP contribution in [0.25, 0.3) is 6.08 Å². The van der Waals surface area contributed by atoms with Crippen molar-refractivity contribution in [3.8, 4) is 5.75 Å². The van der Waals surface area contributed by atoms with Crippen LogP contribution < -0.4 is 4.74 Å². The summed E-state index contributed by atoms with van der Waals surface area (Å²) >= 11 is 0.978. The fourth-order valence-corrected chi connectivity index (χ4v) is 3.68. The minimum Gasteiger partial charge on any atom is -0.492 e. The van der Waals surface area contributed by atoms with E-state index in [1.54, 1.807) is 6.08 Å². The van der Waals surface area contributed by atoms with Crippen LogP contribution in [0.1, 0.15) is 37.5 Å². The summed E-state index contributed by atoms with van der Waals surface area (Å²) < 4.78 is 5.64. The molecule has 0 saturated carbocycles. The number of amides is 2. The molecule has 0 atom stereocenters. The number of aryl methyl sites for hydroxylation is 1. The monoisotopic (exact) mass is 395 g/mol. The largest absolute Gasteiger partial charge is 0.492 e. The number of rotatable bonds is 5. The zero-order valence-corrected chi connectivity index (χ0v) is 17.5. The van der Waals surface area contributed by atoms with E-state index in [1.165, 1.54) is 10.5 Å². The second-order valence-corrected chi connectivity index (χ2v) is 8.86. The third-order valence-electron chi connectivity index (χ3n) is 4.55. The zero-order valence-electron chi connectivity index (χ0n) is 16.7. The molecular formula is C23H25NO3S. The van der Waals surface area contributed by atoms with Gasteiger partial charge in [0.05, 0.1) is 11.4 Å². The van der Waals surface area contributed by atoms with E-state index in [1.807, 2.05) is 43.3 Å². The minimum absolute atomic E-state index is 0.0772. The number of thioether (sulfide) groups is 1. The highest BCUT2D eigenvalue weighted by Gasteiger charge is 2.34. The molecule has 2 amide bonds. The van der Waals surface area contributed by atoms with E-state index in [4.69, 9.17) is 4.74 Å². The van der Waals surface area contributed by atoms with Gasteiger partial charge >= 0.3 is 0 Å². The summed E-state index contributed by atoms with van der Waals surface area (Å²) in [6.07, 6.45) is 1.78. The number of ether oxygens (including phenoxy) is 1. The van der Waals surface area contributed by atoms with E-state index in [0.29, 0.717) is 4.91 Å². The second-order valence-electron chi connectivity index (χ2n) is 7.87. The Morgan fingerprint density at radius 2 is 1.64 bits per heavy atom. The van der Waals surface area contributed by atoms with E-state index < -0.39 is 0 Å². The predicted octanol–water partition coefficient (Wildman–Crippen LogP) is 5.41. The van der Waals surface area contributed by atoms with E-state index in [-0.39, 0.29) is 29.7 Å². The molecule has 0 aliphatic carbocycles. The first-order valence-electron chi connectivity index (χ1n) is 9.29. The van der Waals surface area contributed by atoms with Gasteiger partial charge in [0.15, 0.2) is 0 Å². The highest BCUT2D eigenvalue weighted by molar-refractivity contribution is 8.18. The van der Waals surface area contributed by atoms with Crippen molar-refractivity contribution in [2.75, 3.05) is 13.2 Å². The number of carbonyl (C=O) groups is 2. The third-order valence-corrected chi connectivity index (χ3v) is 5.46. The van der Waals surface area contributed by atoms with Crippen molar-refractivity contribution in [3.05, 3.63) is 70.1 Å². The number of hydrogen-bond donors (Lipinski definition) is 0. The summed E-state index contributed by atoms with van der Waals surface area (Å²) in [5.41, 5.74) is 3.37. The fourth-order valence-electron chi connectivity index (χ4n) is 2.81. The van der Waals surface area contributed by atoms with Crippen LogP contribution in [0.2, 0.25) is 0 Å². The first-order chi connectivity index (χ1) is 13.2. The van der Waals surface area contributed by atoms with Crippen LogP contribution in [0, 0.1) is 6.92 Å². The first-order valence-corrected chi connectivity index (χ1v) is 10.1.